The smallest absolute Gasteiger partial charge is 0.252 e. The fourth-order valence-electron chi connectivity index (χ4n) is 0.940. The molecule has 0 saturated heterocycles. The van der Waals surface area contributed by atoms with Gasteiger partial charge in [-0.2, -0.15) is 18.4 Å². The van der Waals surface area contributed by atoms with Crippen molar-refractivity contribution in [3.63, 3.8) is 0 Å². The lowest BCUT2D eigenvalue weighted by Crippen LogP contribution is -2.07. The molecular weight excluding hydrogens is 193 g/mol. The van der Waals surface area contributed by atoms with E-state index in [0.29, 0.717) is 12.0 Å². The van der Waals surface area contributed by atoms with E-state index >= 15 is 0 Å². The van der Waals surface area contributed by atoms with Crippen LogP contribution in [0.2, 0.25) is 0 Å². The second kappa shape index (κ2) is 4.09. The first-order chi connectivity index (χ1) is 6.54. The van der Waals surface area contributed by atoms with Crippen molar-refractivity contribution in [3.8, 4) is 6.07 Å². The highest BCUT2D eigenvalue weighted by atomic mass is 19.4. The summed E-state index contributed by atoms with van der Waals surface area (Å²) in [5.41, 5.74) is -0.266. The molecule has 1 rings (SSSR count). The van der Waals surface area contributed by atoms with Crippen LogP contribution in [0.3, 0.4) is 0 Å². The van der Waals surface area contributed by atoms with Gasteiger partial charge in [0.15, 0.2) is 0 Å². The SMILES string of the molecule is N#CCCc1ccc(C(F)(F)F)nc1. The van der Waals surface area contributed by atoms with Crippen molar-refractivity contribution in [2.75, 3.05) is 0 Å². The van der Waals surface area contributed by atoms with Crippen molar-refractivity contribution in [3.05, 3.63) is 29.6 Å². The van der Waals surface area contributed by atoms with Crippen molar-refractivity contribution in [1.29, 1.82) is 5.26 Å². The maximum absolute atomic E-state index is 12.1. The molecule has 0 amide bonds. The van der Waals surface area contributed by atoms with Crippen LogP contribution < -0.4 is 0 Å². The van der Waals surface area contributed by atoms with Gasteiger partial charge in [-0.25, -0.2) is 0 Å². The van der Waals surface area contributed by atoms with Gasteiger partial charge in [0, 0.05) is 12.6 Å². The number of nitriles is 1. The van der Waals surface area contributed by atoms with E-state index in [2.05, 4.69) is 4.98 Å². The summed E-state index contributed by atoms with van der Waals surface area (Å²) in [4.78, 5) is 3.27. The van der Waals surface area contributed by atoms with Gasteiger partial charge in [-0.15, -0.1) is 0 Å². The molecule has 0 aliphatic carbocycles. The lowest BCUT2D eigenvalue weighted by atomic mass is 10.1. The minimum absolute atomic E-state index is 0.285. The Kier molecular flexibility index (Phi) is 3.07. The van der Waals surface area contributed by atoms with Gasteiger partial charge < -0.3 is 0 Å². The van der Waals surface area contributed by atoms with E-state index in [1.165, 1.54) is 6.07 Å². The summed E-state index contributed by atoms with van der Waals surface area (Å²) in [6.45, 7) is 0. The van der Waals surface area contributed by atoms with E-state index < -0.39 is 11.9 Å². The molecule has 0 radical (unpaired) electrons. The summed E-state index contributed by atoms with van der Waals surface area (Å²) in [7, 11) is 0. The molecular formula is C9H7F3N2. The van der Waals surface area contributed by atoms with Crippen LogP contribution in [0.15, 0.2) is 18.3 Å². The van der Waals surface area contributed by atoms with Gasteiger partial charge in [-0.1, -0.05) is 6.07 Å². The molecule has 5 heteroatoms. The number of alkyl halides is 3. The molecule has 1 aromatic heterocycles. The number of halogens is 3. The first kappa shape index (κ1) is 10.5. The molecule has 0 unspecified atom stereocenters. The van der Waals surface area contributed by atoms with E-state index in [0.717, 1.165) is 12.3 Å². The molecule has 0 N–H and O–H groups in total. The number of aromatic nitrogens is 1. The molecule has 0 spiro atoms. The fourth-order valence-corrected chi connectivity index (χ4v) is 0.940. The Balaban J connectivity index is 2.75. The number of nitrogens with zero attached hydrogens (tertiary/aromatic N) is 2. The highest BCUT2D eigenvalue weighted by Gasteiger charge is 2.31. The standard InChI is InChI=1S/C9H7F3N2/c10-9(11,12)8-4-3-7(6-14-8)2-1-5-13/h3-4,6H,1-2H2. The lowest BCUT2D eigenvalue weighted by Gasteiger charge is -2.05. The monoisotopic (exact) mass is 200 g/mol. The van der Waals surface area contributed by atoms with Gasteiger partial charge in [0.05, 0.1) is 6.07 Å². The summed E-state index contributed by atoms with van der Waals surface area (Å²) in [5.74, 6) is 0. The number of hydrogen-bond donors (Lipinski definition) is 0. The molecule has 1 heterocycles. The number of pyridine rings is 1. The summed E-state index contributed by atoms with van der Waals surface area (Å²) >= 11 is 0. The van der Waals surface area contributed by atoms with Crippen LogP contribution in [-0.2, 0) is 12.6 Å². The van der Waals surface area contributed by atoms with E-state index in [1.54, 1.807) is 0 Å². The Morgan fingerprint density at radius 1 is 1.36 bits per heavy atom. The maximum Gasteiger partial charge on any atom is 0.433 e. The van der Waals surface area contributed by atoms with Gasteiger partial charge in [-0.05, 0) is 18.1 Å². The maximum atomic E-state index is 12.1. The molecule has 2 nitrogen and oxygen atoms in total. The topological polar surface area (TPSA) is 36.7 Å². The van der Waals surface area contributed by atoms with E-state index in [4.69, 9.17) is 5.26 Å². The van der Waals surface area contributed by atoms with Crippen LogP contribution >= 0.6 is 0 Å². The molecule has 0 atom stereocenters. The second-order valence-electron chi connectivity index (χ2n) is 2.71. The Labute approximate surface area is 79.0 Å². The molecule has 0 bridgehead atoms. The van der Waals surface area contributed by atoms with Crippen LogP contribution in [-0.4, -0.2) is 4.98 Å². The molecule has 0 aromatic carbocycles. The summed E-state index contributed by atoms with van der Waals surface area (Å²) in [6, 6.07) is 4.17. The Morgan fingerprint density at radius 2 is 2.07 bits per heavy atom. The van der Waals surface area contributed by atoms with Gasteiger partial charge in [0.2, 0.25) is 0 Å². The van der Waals surface area contributed by atoms with Crippen molar-refractivity contribution in [1.82, 2.24) is 4.98 Å². The third-order valence-electron chi connectivity index (χ3n) is 1.64. The largest absolute Gasteiger partial charge is 0.433 e. The first-order valence-corrected chi connectivity index (χ1v) is 3.93. The van der Waals surface area contributed by atoms with Crippen molar-refractivity contribution in [2.45, 2.75) is 19.0 Å². The zero-order chi connectivity index (χ0) is 10.6. The number of rotatable bonds is 2. The van der Waals surface area contributed by atoms with Crippen LogP contribution in [0, 0.1) is 11.3 Å². The van der Waals surface area contributed by atoms with Gasteiger partial charge in [-0.3, -0.25) is 4.98 Å². The summed E-state index contributed by atoms with van der Waals surface area (Å²) < 4.78 is 36.2. The molecule has 74 valence electrons. The van der Waals surface area contributed by atoms with Gasteiger partial charge in [0.25, 0.3) is 0 Å². The zero-order valence-corrected chi connectivity index (χ0v) is 7.17. The third-order valence-corrected chi connectivity index (χ3v) is 1.64. The Hall–Kier alpha value is -1.57. The molecule has 14 heavy (non-hydrogen) atoms. The van der Waals surface area contributed by atoms with Crippen molar-refractivity contribution >= 4 is 0 Å². The third kappa shape index (κ3) is 2.73. The highest BCUT2D eigenvalue weighted by molar-refractivity contribution is 5.16. The van der Waals surface area contributed by atoms with Crippen LogP contribution in [0.5, 0.6) is 0 Å². The minimum Gasteiger partial charge on any atom is -0.252 e. The molecule has 1 aromatic rings. The van der Waals surface area contributed by atoms with Crippen molar-refractivity contribution in [2.24, 2.45) is 0 Å². The molecule has 0 aliphatic heterocycles. The predicted molar refractivity (Wildman–Crippen MR) is 43.2 cm³/mol. The number of hydrogen-bond acceptors (Lipinski definition) is 2. The fraction of sp³-hybridized carbons (Fsp3) is 0.333. The molecule has 0 fully saturated rings. The quantitative estimate of drug-likeness (QED) is 0.735. The van der Waals surface area contributed by atoms with Crippen LogP contribution in [0.1, 0.15) is 17.7 Å². The van der Waals surface area contributed by atoms with Crippen LogP contribution in [0.25, 0.3) is 0 Å². The Morgan fingerprint density at radius 3 is 2.50 bits per heavy atom. The lowest BCUT2D eigenvalue weighted by molar-refractivity contribution is -0.141. The summed E-state index contributed by atoms with van der Waals surface area (Å²) in [6.07, 6.45) is -2.53. The highest BCUT2D eigenvalue weighted by Crippen LogP contribution is 2.27. The summed E-state index contributed by atoms with van der Waals surface area (Å²) in [5, 5.41) is 8.26. The average Bonchev–Trinajstić information content (AvgIpc) is 2.14. The normalized spacial score (nSPS) is 11.0. The van der Waals surface area contributed by atoms with Crippen molar-refractivity contribution < 1.29 is 13.2 Å². The Bertz CT molecular complexity index is 335. The van der Waals surface area contributed by atoms with E-state index in [-0.39, 0.29) is 6.42 Å². The zero-order valence-electron chi connectivity index (χ0n) is 7.17. The predicted octanol–water partition coefficient (Wildman–Crippen LogP) is 2.56. The molecule has 0 aliphatic rings. The van der Waals surface area contributed by atoms with Gasteiger partial charge in [0.1, 0.15) is 5.69 Å². The van der Waals surface area contributed by atoms with E-state index in [1.807, 2.05) is 6.07 Å². The second-order valence-corrected chi connectivity index (χ2v) is 2.71. The minimum atomic E-state index is -4.40. The number of aryl methyl sites for hydroxylation is 1. The van der Waals surface area contributed by atoms with Crippen LogP contribution in [0.4, 0.5) is 13.2 Å². The molecule has 0 saturated carbocycles. The average molecular weight is 200 g/mol. The van der Waals surface area contributed by atoms with Gasteiger partial charge >= 0.3 is 6.18 Å². The first-order valence-electron chi connectivity index (χ1n) is 3.93. The van der Waals surface area contributed by atoms with E-state index in [9.17, 15) is 13.2 Å².